The molecule has 2 rings (SSSR count). The summed E-state index contributed by atoms with van der Waals surface area (Å²) in [6.45, 7) is 1.91. The SMILES string of the molecule is C[C@H](NC(=O)c1ccc(Cl)c(N)c1)c1ccncc1. The van der Waals surface area contributed by atoms with Crippen LogP contribution in [0.4, 0.5) is 5.69 Å². The van der Waals surface area contributed by atoms with E-state index >= 15 is 0 Å². The Bertz CT molecular complexity index is 586. The lowest BCUT2D eigenvalue weighted by Crippen LogP contribution is -2.26. The standard InChI is InChI=1S/C14H14ClN3O/c1-9(10-4-6-17-7-5-10)18-14(19)11-2-3-12(15)13(16)8-11/h2-9H,16H2,1H3,(H,18,19)/t9-/m0/s1. The number of nitrogens with one attached hydrogen (secondary N) is 1. The van der Waals surface area contributed by atoms with Gasteiger partial charge in [0.05, 0.1) is 16.8 Å². The highest BCUT2D eigenvalue weighted by Crippen LogP contribution is 2.20. The van der Waals surface area contributed by atoms with Gasteiger partial charge >= 0.3 is 0 Å². The molecule has 0 spiro atoms. The van der Waals surface area contributed by atoms with E-state index < -0.39 is 0 Å². The number of carbonyl (C=O) groups excluding carboxylic acids is 1. The van der Waals surface area contributed by atoms with Crippen LogP contribution >= 0.6 is 11.6 Å². The maximum Gasteiger partial charge on any atom is 0.251 e. The Morgan fingerprint density at radius 3 is 2.63 bits per heavy atom. The molecule has 5 heteroatoms. The number of nitrogens with two attached hydrogens (primary N) is 1. The molecule has 1 heterocycles. The number of nitrogens with zero attached hydrogens (tertiary/aromatic N) is 1. The van der Waals surface area contributed by atoms with Crippen molar-refractivity contribution in [3.63, 3.8) is 0 Å². The van der Waals surface area contributed by atoms with Crippen molar-refractivity contribution in [3.8, 4) is 0 Å². The lowest BCUT2D eigenvalue weighted by atomic mass is 10.1. The molecule has 3 N–H and O–H groups in total. The van der Waals surface area contributed by atoms with E-state index in [1.807, 2.05) is 19.1 Å². The second-order valence-corrected chi connectivity index (χ2v) is 4.62. The van der Waals surface area contributed by atoms with Gasteiger partial charge in [0.25, 0.3) is 5.91 Å². The fourth-order valence-corrected chi connectivity index (χ4v) is 1.82. The third kappa shape index (κ3) is 3.23. The molecule has 0 saturated carbocycles. The smallest absolute Gasteiger partial charge is 0.251 e. The maximum absolute atomic E-state index is 12.1. The zero-order chi connectivity index (χ0) is 13.8. The molecule has 0 unspecified atom stereocenters. The zero-order valence-electron chi connectivity index (χ0n) is 10.4. The fraction of sp³-hybridized carbons (Fsp3) is 0.143. The molecular formula is C14H14ClN3O. The Morgan fingerprint density at radius 1 is 1.32 bits per heavy atom. The van der Waals surface area contributed by atoms with Crippen LogP contribution in [-0.4, -0.2) is 10.9 Å². The second-order valence-electron chi connectivity index (χ2n) is 4.21. The van der Waals surface area contributed by atoms with E-state index in [0.29, 0.717) is 16.3 Å². The van der Waals surface area contributed by atoms with Crippen LogP contribution in [0.15, 0.2) is 42.7 Å². The lowest BCUT2D eigenvalue weighted by Gasteiger charge is -2.14. The van der Waals surface area contributed by atoms with Gasteiger partial charge in [-0.15, -0.1) is 0 Å². The van der Waals surface area contributed by atoms with Crippen LogP contribution in [0, 0.1) is 0 Å². The molecular weight excluding hydrogens is 262 g/mol. The number of benzene rings is 1. The van der Waals surface area contributed by atoms with Crippen molar-refractivity contribution >= 4 is 23.2 Å². The molecule has 4 nitrogen and oxygen atoms in total. The van der Waals surface area contributed by atoms with E-state index in [-0.39, 0.29) is 11.9 Å². The monoisotopic (exact) mass is 275 g/mol. The molecule has 0 saturated heterocycles. The van der Waals surface area contributed by atoms with E-state index in [1.54, 1.807) is 30.6 Å². The minimum atomic E-state index is -0.187. The summed E-state index contributed by atoms with van der Waals surface area (Å²) >= 11 is 5.82. The number of amides is 1. The summed E-state index contributed by atoms with van der Waals surface area (Å²) in [7, 11) is 0. The van der Waals surface area contributed by atoms with Crippen LogP contribution in [-0.2, 0) is 0 Å². The normalized spacial score (nSPS) is 11.9. The molecule has 0 fully saturated rings. The first-order valence-electron chi connectivity index (χ1n) is 5.83. The molecule has 2 aromatic rings. The van der Waals surface area contributed by atoms with Gasteiger partial charge in [-0.3, -0.25) is 9.78 Å². The number of nitrogen functional groups attached to an aromatic ring is 1. The van der Waals surface area contributed by atoms with E-state index in [0.717, 1.165) is 5.56 Å². The molecule has 1 amide bonds. The van der Waals surface area contributed by atoms with Crippen LogP contribution in [0.2, 0.25) is 5.02 Å². The summed E-state index contributed by atoms with van der Waals surface area (Å²) in [6.07, 6.45) is 3.39. The van der Waals surface area contributed by atoms with Crippen LogP contribution < -0.4 is 11.1 Å². The van der Waals surface area contributed by atoms with E-state index in [9.17, 15) is 4.79 Å². The summed E-state index contributed by atoms with van der Waals surface area (Å²) in [5.74, 6) is -0.187. The summed E-state index contributed by atoms with van der Waals surface area (Å²) in [5.41, 5.74) is 7.55. The minimum absolute atomic E-state index is 0.104. The van der Waals surface area contributed by atoms with Gasteiger partial charge < -0.3 is 11.1 Å². The Balaban J connectivity index is 2.11. The predicted molar refractivity (Wildman–Crippen MR) is 76.0 cm³/mol. The summed E-state index contributed by atoms with van der Waals surface area (Å²) in [6, 6.07) is 8.45. The first kappa shape index (κ1) is 13.4. The zero-order valence-corrected chi connectivity index (χ0v) is 11.2. The Labute approximate surface area is 116 Å². The molecule has 0 aliphatic rings. The number of anilines is 1. The van der Waals surface area contributed by atoms with Gasteiger partial charge in [0, 0.05) is 18.0 Å². The third-order valence-electron chi connectivity index (χ3n) is 2.81. The number of rotatable bonds is 3. The average molecular weight is 276 g/mol. The van der Waals surface area contributed by atoms with Crippen LogP contribution in [0.1, 0.15) is 28.9 Å². The van der Waals surface area contributed by atoms with Gasteiger partial charge in [0.2, 0.25) is 0 Å². The summed E-state index contributed by atoms with van der Waals surface area (Å²) in [4.78, 5) is 16.0. The van der Waals surface area contributed by atoms with Gasteiger partial charge in [-0.1, -0.05) is 11.6 Å². The Hall–Kier alpha value is -2.07. The number of carbonyl (C=O) groups is 1. The molecule has 19 heavy (non-hydrogen) atoms. The molecule has 0 aliphatic heterocycles. The molecule has 0 bridgehead atoms. The van der Waals surface area contributed by atoms with E-state index in [4.69, 9.17) is 17.3 Å². The van der Waals surface area contributed by atoms with Crippen molar-refractivity contribution < 1.29 is 4.79 Å². The van der Waals surface area contributed by atoms with Crippen molar-refractivity contribution in [1.82, 2.24) is 10.3 Å². The first-order valence-corrected chi connectivity index (χ1v) is 6.21. The largest absolute Gasteiger partial charge is 0.398 e. The van der Waals surface area contributed by atoms with Crippen molar-refractivity contribution in [2.24, 2.45) is 0 Å². The number of pyridine rings is 1. The van der Waals surface area contributed by atoms with Crippen molar-refractivity contribution in [2.75, 3.05) is 5.73 Å². The van der Waals surface area contributed by atoms with Gasteiger partial charge in [-0.2, -0.15) is 0 Å². The van der Waals surface area contributed by atoms with Crippen molar-refractivity contribution in [3.05, 3.63) is 58.9 Å². The molecule has 0 aliphatic carbocycles. The molecule has 1 atom stereocenters. The number of hydrogen-bond donors (Lipinski definition) is 2. The Morgan fingerprint density at radius 2 is 2.00 bits per heavy atom. The Kier molecular flexibility index (Phi) is 4.02. The summed E-state index contributed by atoms with van der Waals surface area (Å²) < 4.78 is 0. The molecule has 98 valence electrons. The lowest BCUT2D eigenvalue weighted by molar-refractivity contribution is 0.0940. The average Bonchev–Trinajstić information content (AvgIpc) is 2.42. The van der Waals surface area contributed by atoms with Gasteiger partial charge in [0.15, 0.2) is 0 Å². The second kappa shape index (κ2) is 5.71. The highest BCUT2D eigenvalue weighted by Gasteiger charge is 2.12. The van der Waals surface area contributed by atoms with Crippen LogP contribution in [0.5, 0.6) is 0 Å². The highest BCUT2D eigenvalue weighted by molar-refractivity contribution is 6.33. The fourth-order valence-electron chi connectivity index (χ4n) is 1.70. The quantitative estimate of drug-likeness (QED) is 0.847. The number of halogens is 1. The molecule has 1 aromatic carbocycles. The van der Waals surface area contributed by atoms with Crippen LogP contribution in [0.25, 0.3) is 0 Å². The van der Waals surface area contributed by atoms with E-state index in [2.05, 4.69) is 10.3 Å². The minimum Gasteiger partial charge on any atom is -0.398 e. The highest BCUT2D eigenvalue weighted by atomic mass is 35.5. The first-order chi connectivity index (χ1) is 9.08. The predicted octanol–water partition coefficient (Wildman–Crippen LogP) is 2.81. The number of aromatic nitrogens is 1. The van der Waals surface area contributed by atoms with Crippen molar-refractivity contribution in [1.29, 1.82) is 0 Å². The summed E-state index contributed by atoms with van der Waals surface area (Å²) in [5, 5.41) is 3.34. The van der Waals surface area contributed by atoms with Gasteiger partial charge in [-0.25, -0.2) is 0 Å². The van der Waals surface area contributed by atoms with E-state index in [1.165, 1.54) is 0 Å². The number of hydrogen-bond acceptors (Lipinski definition) is 3. The third-order valence-corrected chi connectivity index (χ3v) is 3.16. The maximum atomic E-state index is 12.1. The molecule has 0 radical (unpaired) electrons. The van der Waals surface area contributed by atoms with Gasteiger partial charge in [0.1, 0.15) is 0 Å². The van der Waals surface area contributed by atoms with Crippen LogP contribution in [0.3, 0.4) is 0 Å². The van der Waals surface area contributed by atoms with Gasteiger partial charge in [-0.05, 0) is 42.8 Å². The topological polar surface area (TPSA) is 68.0 Å². The molecule has 1 aromatic heterocycles. The van der Waals surface area contributed by atoms with Crippen molar-refractivity contribution in [2.45, 2.75) is 13.0 Å².